The monoisotopic (exact) mass is 1360 g/mol. The Hall–Kier alpha value is -1.47. The zero-order chi connectivity index (χ0) is 68.9. The summed E-state index contributed by atoms with van der Waals surface area (Å²) in [6, 6.07) is -0.970. The topological polar surface area (TPSA) is 307 Å². The van der Waals surface area contributed by atoms with Crippen molar-refractivity contribution in [3.8, 4) is 0 Å². The van der Waals surface area contributed by atoms with Crippen LogP contribution >= 0.6 is 0 Å². The van der Waals surface area contributed by atoms with Crippen LogP contribution in [0.15, 0.2) is 12.2 Å². The highest BCUT2D eigenvalue weighted by atomic mass is 16.8. The fraction of sp³-hybridized carbons (Fsp3) is 0.961. The van der Waals surface area contributed by atoms with Crippen LogP contribution < -0.4 is 5.32 Å². The number of amides is 1. The second-order valence-electron chi connectivity index (χ2n) is 28.5. The maximum atomic E-state index is 13.5. The van der Waals surface area contributed by atoms with Crippen molar-refractivity contribution in [3.63, 3.8) is 0 Å². The summed E-state index contributed by atoms with van der Waals surface area (Å²) in [5, 5.41) is 121. The predicted octanol–water partition coefficient (Wildman–Crippen LogP) is 12.4. The fourth-order valence-corrected chi connectivity index (χ4v) is 13.7. The van der Waals surface area contributed by atoms with E-state index < -0.39 is 124 Å². The Morgan fingerprint density at radius 1 is 0.368 bits per heavy atom. The fourth-order valence-electron chi connectivity index (χ4n) is 13.7. The van der Waals surface area contributed by atoms with Gasteiger partial charge in [0.1, 0.15) is 73.2 Å². The van der Waals surface area contributed by atoms with E-state index in [1.165, 1.54) is 263 Å². The number of hydrogen-bond acceptors (Lipinski definition) is 18. The maximum Gasteiger partial charge on any atom is 0.220 e. The Kier molecular flexibility index (Phi) is 53.6. The molecule has 0 radical (unpaired) electrons. The van der Waals surface area contributed by atoms with E-state index in [1.54, 1.807) is 6.08 Å². The van der Waals surface area contributed by atoms with Gasteiger partial charge in [-0.15, -0.1) is 0 Å². The minimum Gasteiger partial charge on any atom is -0.394 e. The van der Waals surface area contributed by atoms with Crippen molar-refractivity contribution in [3.05, 3.63) is 12.2 Å². The molecule has 17 atom stereocenters. The van der Waals surface area contributed by atoms with Crippen molar-refractivity contribution in [1.29, 1.82) is 0 Å². The van der Waals surface area contributed by atoms with Gasteiger partial charge in [0.15, 0.2) is 18.9 Å². The quantitative estimate of drug-likeness (QED) is 0.0199. The third-order valence-electron chi connectivity index (χ3n) is 20.1. The van der Waals surface area contributed by atoms with Crippen LogP contribution in [-0.4, -0.2) is 193 Å². The van der Waals surface area contributed by atoms with Crippen molar-refractivity contribution in [1.82, 2.24) is 5.32 Å². The molecule has 3 aliphatic rings. The number of unbranched alkanes of at least 4 members (excludes halogenated alkanes) is 47. The van der Waals surface area contributed by atoms with Gasteiger partial charge in [-0.25, -0.2) is 0 Å². The number of aliphatic hydroxyl groups excluding tert-OH is 11. The first-order valence-corrected chi connectivity index (χ1v) is 39.4. The van der Waals surface area contributed by atoms with E-state index in [1.807, 2.05) is 6.08 Å². The highest BCUT2D eigenvalue weighted by Crippen LogP contribution is 2.33. The molecule has 0 aromatic carbocycles. The first kappa shape index (κ1) is 87.7. The van der Waals surface area contributed by atoms with Gasteiger partial charge in [0.2, 0.25) is 5.91 Å². The van der Waals surface area contributed by atoms with E-state index in [4.69, 9.17) is 28.4 Å². The number of rotatable bonds is 63. The third-order valence-corrected chi connectivity index (χ3v) is 20.1. The molecule has 3 heterocycles. The molecule has 0 aromatic rings. The van der Waals surface area contributed by atoms with Gasteiger partial charge in [0.25, 0.3) is 0 Å². The van der Waals surface area contributed by atoms with E-state index in [0.29, 0.717) is 6.42 Å². The number of aliphatic hydroxyl groups is 11. The minimum absolute atomic E-state index is 0.250. The molecule has 1 amide bonds. The Balaban J connectivity index is 1.39. The smallest absolute Gasteiger partial charge is 0.220 e. The van der Waals surface area contributed by atoms with Gasteiger partial charge >= 0.3 is 0 Å². The van der Waals surface area contributed by atoms with Gasteiger partial charge in [-0.3, -0.25) is 4.79 Å². The lowest BCUT2D eigenvalue weighted by Gasteiger charge is -2.48. The summed E-state index contributed by atoms with van der Waals surface area (Å²) in [6.07, 6.45) is 40.5. The van der Waals surface area contributed by atoms with Crippen molar-refractivity contribution in [2.45, 2.75) is 439 Å². The Morgan fingerprint density at radius 3 is 0.989 bits per heavy atom. The van der Waals surface area contributed by atoms with Gasteiger partial charge in [-0.2, -0.15) is 0 Å². The molecule has 12 N–H and O–H groups in total. The van der Waals surface area contributed by atoms with Crippen LogP contribution in [0, 0.1) is 0 Å². The van der Waals surface area contributed by atoms with Crippen LogP contribution in [0.2, 0.25) is 0 Å². The van der Waals surface area contributed by atoms with E-state index in [9.17, 15) is 61.0 Å². The number of carbonyl (C=O) groups is 1. The molecule has 95 heavy (non-hydrogen) atoms. The average Bonchev–Trinajstić information content (AvgIpc) is 0.787. The Morgan fingerprint density at radius 2 is 0.653 bits per heavy atom. The molecule has 17 unspecified atom stereocenters. The molecule has 0 spiro atoms. The van der Waals surface area contributed by atoms with Crippen molar-refractivity contribution >= 4 is 5.91 Å². The van der Waals surface area contributed by atoms with Gasteiger partial charge in [0, 0.05) is 6.42 Å². The second-order valence-corrected chi connectivity index (χ2v) is 28.5. The first-order chi connectivity index (χ1) is 46.3. The zero-order valence-electron chi connectivity index (χ0n) is 59.9. The zero-order valence-corrected chi connectivity index (χ0v) is 59.9. The van der Waals surface area contributed by atoms with Gasteiger partial charge in [0.05, 0.1) is 38.6 Å². The van der Waals surface area contributed by atoms with Crippen LogP contribution in [0.3, 0.4) is 0 Å². The molecule has 0 bridgehead atoms. The SMILES string of the molecule is CCCCCCCCCCCCCCCCCCCCCCCC/C=C/C(O)C(COC1OC(CO)C(OC2OC(CO)C(OC3OC(CO)C(O)C(O)C3O)C(O)C2O)C(O)C1O)NC(=O)CCCCCCCCCCCCCCCCCCCCCCCCCCCC. The minimum atomic E-state index is -1.98. The van der Waals surface area contributed by atoms with E-state index in [-0.39, 0.29) is 18.9 Å². The van der Waals surface area contributed by atoms with Crippen LogP contribution in [0.1, 0.15) is 335 Å². The molecular formula is C76H145NO18. The predicted molar refractivity (Wildman–Crippen MR) is 374 cm³/mol. The van der Waals surface area contributed by atoms with Crippen molar-refractivity contribution in [2.75, 3.05) is 26.4 Å². The van der Waals surface area contributed by atoms with Crippen LogP contribution in [0.4, 0.5) is 0 Å². The van der Waals surface area contributed by atoms with Crippen LogP contribution in [-0.2, 0) is 33.2 Å². The standard InChI is InChI=1S/C76H145NO18/c1-3-5-7-9-11-13-15-17-19-21-23-25-27-29-30-32-34-36-38-40-42-44-46-48-50-52-54-64(82)77-59(60(81)53-51-49-47-45-43-41-39-37-35-33-31-28-26-24-22-20-18-16-14-12-10-8-6-4-2)58-90-74-70(88)67(85)72(62(56-79)92-74)95-76-71(89)68(86)73(63(57-80)93-76)94-75-69(87)66(84)65(83)61(55-78)91-75/h51,53,59-63,65-76,78-81,83-89H,3-50,52,54-58H2,1-2H3,(H,77,82)/b53-51+. The van der Waals surface area contributed by atoms with E-state index in [2.05, 4.69) is 19.2 Å². The molecule has 19 nitrogen and oxygen atoms in total. The van der Waals surface area contributed by atoms with Gasteiger partial charge < -0.3 is 89.9 Å². The lowest BCUT2D eigenvalue weighted by Crippen LogP contribution is -2.66. The molecule has 0 aliphatic carbocycles. The molecule has 0 saturated carbocycles. The highest BCUT2D eigenvalue weighted by molar-refractivity contribution is 5.76. The molecule has 3 saturated heterocycles. The number of hydrogen-bond donors (Lipinski definition) is 12. The summed E-state index contributed by atoms with van der Waals surface area (Å²) in [7, 11) is 0. The van der Waals surface area contributed by atoms with E-state index >= 15 is 0 Å². The number of allylic oxidation sites excluding steroid dienone is 1. The first-order valence-electron chi connectivity index (χ1n) is 39.4. The normalized spacial score (nSPS) is 27.2. The highest BCUT2D eigenvalue weighted by Gasteiger charge is 2.53. The largest absolute Gasteiger partial charge is 0.394 e. The Bertz CT molecular complexity index is 1770. The molecule has 19 heteroatoms. The summed E-state index contributed by atoms with van der Waals surface area (Å²) < 4.78 is 34.5. The van der Waals surface area contributed by atoms with Crippen molar-refractivity contribution in [2.24, 2.45) is 0 Å². The molecule has 3 fully saturated rings. The molecule has 0 aromatic heterocycles. The van der Waals surface area contributed by atoms with Crippen LogP contribution in [0.5, 0.6) is 0 Å². The van der Waals surface area contributed by atoms with Crippen molar-refractivity contribution < 1.29 is 89.4 Å². The lowest BCUT2D eigenvalue weighted by molar-refractivity contribution is -0.379. The summed E-state index contributed by atoms with van der Waals surface area (Å²) in [4.78, 5) is 13.5. The van der Waals surface area contributed by atoms with E-state index in [0.717, 1.165) is 44.9 Å². The second kappa shape index (κ2) is 58.1. The number of ether oxygens (including phenoxy) is 6. The summed E-state index contributed by atoms with van der Waals surface area (Å²) in [5.74, 6) is -0.267. The Labute approximate surface area is 576 Å². The third kappa shape index (κ3) is 39.0. The van der Waals surface area contributed by atoms with Crippen LogP contribution in [0.25, 0.3) is 0 Å². The molecule has 562 valence electrons. The summed E-state index contributed by atoms with van der Waals surface area (Å²) >= 11 is 0. The van der Waals surface area contributed by atoms with Gasteiger partial charge in [-0.1, -0.05) is 321 Å². The van der Waals surface area contributed by atoms with Gasteiger partial charge in [-0.05, 0) is 19.3 Å². The summed E-state index contributed by atoms with van der Waals surface area (Å²) in [6.45, 7) is 1.80. The number of carbonyl (C=O) groups excluding carboxylic acids is 1. The number of nitrogens with one attached hydrogen (secondary N) is 1. The maximum absolute atomic E-state index is 13.5. The lowest BCUT2D eigenvalue weighted by atomic mass is 9.96. The molecule has 3 aliphatic heterocycles. The molecular weight excluding hydrogens is 1210 g/mol. The summed E-state index contributed by atoms with van der Waals surface area (Å²) in [5.41, 5.74) is 0. The molecule has 3 rings (SSSR count). The average molecular weight is 1360 g/mol.